The Balaban J connectivity index is 1.43. The Hall–Kier alpha value is -1.58. The van der Waals surface area contributed by atoms with Crippen molar-refractivity contribution in [2.75, 3.05) is 56.5 Å². The molecule has 2 saturated heterocycles. The minimum absolute atomic E-state index is 0.0161. The van der Waals surface area contributed by atoms with E-state index in [-0.39, 0.29) is 23.6 Å². The number of amides is 2. The monoisotopic (exact) mass is 538 g/mol. The molecule has 1 N–H and O–H groups in total. The number of hydrogen-bond acceptors (Lipinski definition) is 7. The average molecular weight is 539 g/mol. The molecule has 2 aliphatic heterocycles. The summed E-state index contributed by atoms with van der Waals surface area (Å²) in [5.41, 5.74) is 0. The van der Waals surface area contributed by atoms with Gasteiger partial charge >= 0.3 is 0 Å². The van der Waals surface area contributed by atoms with E-state index in [1.165, 1.54) is 50.3 Å². The third-order valence-electron chi connectivity index (χ3n) is 6.96. The molecule has 0 bridgehead atoms. The van der Waals surface area contributed by atoms with Gasteiger partial charge < -0.3 is 20.0 Å². The molecular weight excluding hydrogens is 496 g/mol. The normalized spacial score (nSPS) is 18.9. The molecule has 1 unspecified atom stereocenters. The second-order valence-corrected chi connectivity index (χ2v) is 11.2. The van der Waals surface area contributed by atoms with Crippen molar-refractivity contribution in [2.24, 2.45) is 0 Å². The van der Waals surface area contributed by atoms with Crippen LogP contribution in [-0.4, -0.2) is 89.2 Å². The number of likely N-dealkylation sites (tertiary alicyclic amines) is 1. The Bertz CT molecular complexity index is 839. The number of thioether (sulfide) groups is 1. The number of carbonyl (C=O) groups excluding carboxylic acids is 2. The molecule has 1 atom stereocenters. The molecule has 36 heavy (non-hydrogen) atoms. The molecule has 2 aliphatic rings. The summed E-state index contributed by atoms with van der Waals surface area (Å²) < 4.78 is 0. The zero-order chi connectivity index (χ0) is 25.8. The lowest BCUT2D eigenvalue weighted by Crippen LogP contribution is -2.54. The molecule has 0 aromatic carbocycles. The summed E-state index contributed by atoms with van der Waals surface area (Å²) in [6, 6.07) is 1.87. The van der Waals surface area contributed by atoms with Gasteiger partial charge in [0.15, 0.2) is 5.16 Å². The van der Waals surface area contributed by atoms with E-state index in [4.69, 9.17) is 11.6 Å². The smallest absolute Gasteiger partial charge is 0.230 e. The fourth-order valence-corrected chi connectivity index (χ4v) is 5.80. The van der Waals surface area contributed by atoms with Crippen LogP contribution in [0, 0.1) is 0 Å². The Morgan fingerprint density at radius 1 is 1.08 bits per heavy atom. The summed E-state index contributed by atoms with van der Waals surface area (Å²) >= 11 is 7.61. The van der Waals surface area contributed by atoms with Crippen molar-refractivity contribution in [3.8, 4) is 0 Å². The quantitative estimate of drug-likeness (QED) is 0.174. The van der Waals surface area contributed by atoms with Crippen LogP contribution < -0.4 is 10.2 Å². The van der Waals surface area contributed by atoms with Gasteiger partial charge in [-0.15, -0.1) is 0 Å². The lowest BCUT2D eigenvalue weighted by atomic mass is 10.1. The zero-order valence-electron chi connectivity index (χ0n) is 22.0. The lowest BCUT2D eigenvalue weighted by Gasteiger charge is -2.40. The van der Waals surface area contributed by atoms with Gasteiger partial charge in [-0.05, 0) is 39.3 Å². The Kier molecular flexibility index (Phi) is 12.6. The van der Waals surface area contributed by atoms with E-state index in [9.17, 15) is 9.59 Å². The van der Waals surface area contributed by atoms with Crippen molar-refractivity contribution in [2.45, 2.75) is 82.8 Å². The summed E-state index contributed by atoms with van der Waals surface area (Å²) in [7, 11) is 0. The van der Waals surface area contributed by atoms with Crippen LogP contribution >= 0.6 is 23.4 Å². The highest BCUT2D eigenvalue weighted by atomic mass is 35.5. The Morgan fingerprint density at radius 3 is 2.61 bits per heavy atom. The average Bonchev–Trinajstić information content (AvgIpc) is 2.87. The summed E-state index contributed by atoms with van der Waals surface area (Å²) in [5.74, 6) is 1.25. The van der Waals surface area contributed by atoms with Crippen molar-refractivity contribution in [3.63, 3.8) is 0 Å². The fourth-order valence-electron chi connectivity index (χ4n) is 4.89. The molecular formula is C26H43ClN6O2S. The number of piperidine rings is 1. The van der Waals surface area contributed by atoms with E-state index in [1.807, 2.05) is 4.90 Å². The van der Waals surface area contributed by atoms with E-state index < -0.39 is 0 Å². The number of rotatable bonds is 13. The number of nitrogens with one attached hydrogen (secondary N) is 1. The van der Waals surface area contributed by atoms with E-state index >= 15 is 0 Å². The van der Waals surface area contributed by atoms with Crippen molar-refractivity contribution < 1.29 is 9.59 Å². The van der Waals surface area contributed by atoms with Gasteiger partial charge in [0.2, 0.25) is 11.8 Å². The van der Waals surface area contributed by atoms with Crippen molar-refractivity contribution in [3.05, 3.63) is 11.2 Å². The number of nitrogens with zero attached hydrogens (tertiary/aromatic N) is 5. The maximum Gasteiger partial charge on any atom is 0.230 e. The van der Waals surface area contributed by atoms with Gasteiger partial charge in [-0.25, -0.2) is 9.97 Å². The molecule has 8 nitrogen and oxygen atoms in total. The molecule has 0 radical (unpaired) electrons. The van der Waals surface area contributed by atoms with Crippen LogP contribution in [0.2, 0.25) is 5.15 Å². The molecule has 1 aromatic heterocycles. The summed E-state index contributed by atoms with van der Waals surface area (Å²) in [6.45, 7) is 10.2. The van der Waals surface area contributed by atoms with Crippen LogP contribution in [0.4, 0.5) is 5.82 Å². The first kappa shape index (κ1) is 29.0. The molecule has 2 amide bonds. The fraction of sp³-hybridized carbons (Fsp3) is 0.769. The Labute approximate surface area is 225 Å². The van der Waals surface area contributed by atoms with E-state index in [2.05, 4.69) is 38.9 Å². The topological polar surface area (TPSA) is 81.7 Å². The van der Waals surface area contributed by atoms with Crippen LogP contribution in [0.1, 0.15) is 71.6 Å². The zero-order valence-corrected chi connectivity index (χ0v) is 23.6. The first-order valence-electron chi connectivity index (χ1n) is 13.7. The highest BCUT2D eigenvalue weighted by Crippen LogP contribution is 2.24. The third-order valence-corrected chi connectivity index (χ3v) is 8.00. The maximum absolute atomic E-state index is 12.7. The first-order chi connectivity index (χ1) is 17.5. The molecule has 1 aromatic rings. The number of halogens is 1. The largest absolute Gasteiger partial charge is 0.354 e. The van der Waals surface area contributed by atoms with E-state index in [1.54, 1.807) is 6.07 Å². The second-order valence-electron chi connectivity index (χ2n) is 9.92. The van der Waals surface area contributed by atoms with Crippen molar-refractivity contribution >= 4 is 41.0 Å². The number of unbranched alkanes of at least 4 members (excludes halogenated alkanes) is 4. The number of anilines is 1. The lowest BCUT2D eigenvalue weighted by molar-refractivity contribution is -0.133. The van der Waals surface area contributed by atoms with E-state index in [0.29, 0.717) is 42.9 Å². The van der Waals surface area contributed by atoms with Gasteiger partial charge in [-0.2, -0.15) is 0 Å². The van der Waals surface area contributed by atoms with Crippen molar-refractivity contribution in [1.82, 2.24) is 25.1 Å². The molecule has 202 valence electrons. The Morgan fingerprint density at radius 2 is 1.86 bits per heavy atom. The van der Waals surface area contributed by atoms with Crippen LogP contribution in [0.25, 0.3) is 0 Å². The molecule has 3 heterocycles. The van der Waals surface area contributed by atoms with Gasteiger partial charge in [0, 0.05) is 51.3 Å². The van der Waals surface area contributed by atoms with Gasteiger partial charge in [-0.1, -0.05) is 62.4 Å². The van der Waals surface area contributed by atoms with Crippen LogP contribution in [0.3, 0.4) is 0 Å². The minimum Gasteiger partial charge on any atom is -0.354 e. The van der Waals surface area contributed by atoms with Crippen LogP contribution in [0.15, 0.2) is 11.2 Å². The third kappa shape index (κ3) is 9.71. The highest BCUT2D eigenvalue weighted by molar-refractivity contribution is 7.99. The number of aromatic nitrogens is 2. The summed E-state index contributed by atoms with van der Waals surface area (Å²) in [6.07, 6.45) is 10.2. The summed E-state index contributed by atoms with van der Waals surface area (Å²) in [5, 5.41) is 3.87. The molecule has 0 aliphatic carbocycles. The minimum atomic E-state index is -0.0161. The van der Waals surface area contributed by atoms with Gasteiger partial charge in [0.05, 0.1) is 5.75 Å². The van der Waals surface area contributed by atoms with Crippen LogP contribution in [0.5, 0.6) is 0 Å². The number of piperazine rings is 1. The second kappa shape index (κ2) is 15.6. The summed E-state index contributed by atoms with van der Waals surface area (Å²) in [4.78, 5) is 40.6. The molecule has 2 fully saturated rings. The maximum atomic E-state index is 12.7. The van der Waals surface area contributed by atoms with E-state index in [0.717, 1.165) is 38.3 Å². The number of carbonyl (C=O) groups is 2. The predicted octanol–water partition coefficient (Wildman–Crippen LogP) is 4.22. The number of hydrogen-bond donors (Lipinski definition) is 1. The molecule has 3 rings (SSSR count). The van der Waals surface area contributed by atoms with Crippen LogP contribution in [-0.2, 0) is 9.59 Å². The van der Waals surface area contributed by atoms with Gasteiger partial charge in [0.25, 0.3) is 0 Å². The highest BCUT2D eigenvalue weighted by Gasteiger charge is 2.28. The van der Waals surface area contributed by atoms with Gasteiger partial charge in [-0.3, -0.25) is 9.59 Å². The SMILES string of the molecule is CCCCCCCC(=O)N1CCN(c2cc(Cl)nc(SCC(=O)NCCN3CCCCC3)n2)CC1C. The standard InChI is InChI=1S/C26H43ClN6O2S/c1-3-4-5-6-8-11-25(35)33-17-16-32(19-21(33)2)23-18-22(27)29-26(30-23)36-20-24(34)28-12-15-31-13-9-7-10-14-31/h18,21H,3-17,19-20H2,1-2H3,(H,28,34). The molecule has 0 saturated carbocycles. The molecule has 10 heteroatoms. The predicted molar refractivity (Wildman–Crippen MR) is 148 cm³/mol. The van der Waals surface area contributed by atoms with Crippen molar-refractivity contribution in [1.29, 1.82) is 0 Å². The molecule has 0 spiro atoms. The van der Waals surface area contributed by atoms with Gasteiger partial charge in [0.1, 0.15) is 11.0 Å². The first-order valence-corrected chi connectivity index (χ1v) is 15.0.